The van der Waals surface area contributed by atoms with E-state index in [0.717, 1.165) is 30.5 Å². The van der Waals surface area contributed by atoms with E-state index in [-0.39, 0.29) is 11.3 Å². The van der Waals surface area contributed by atoms with Gasteiger partial charge in [0.25, 0.3) is 5.91 Å². The minimum atomic E-state index is 0.00977. The number of unbranched alkanes of at least 4 members (excludes halogenated alkanes) is 1. The Kier molecular flexibility index (Phi) is 5.94. The SMILES string of the molecule is Cc1csc(CCCCNC(=O)c2ccc(C(C)(C)C)cc2)n1. The number of hydrogen-bond acceptors (Lipinski definition) is 3. The van der Waals surface area contributed by atoms with Gasteiger partial charge in [-0.3, -0.25) is 4.79 Å². The molecule has 1 N–H and O–H groups in total. The molecule has 2 rings (SSSR count). The van der Waals surface area contributed by atoms with Gasteiger partial charge < -0.3 is 5.32 Å². The van der Waals surface area contributed by atoms with Crippen LogP contribution in [0.3, 0.4) is 0 Å². The molecule has 0 saturated heterocycles. The molecule has 23 heavy (non-hydrogen) atoms. The van der Waals surface area contributed by atoms with Gasteiger partial charge in [-0.2, -0.15) is 0 Å². The molecular formula is C19H26N2OS. The Morgan fingerprint density at radius 3 is 2.43 bits per heavy atom. The number of hydrogen-bond donors (Lipinski definition) is 1. The van der Waals surface area contributed by atoms with E-state index >= 15 is 0 Å². The van der Waals surface area contributed by atoms with Gasteiger partial charge in [-0.05, 0) is 49.3 Å². The van der Waals surface area contributed by atoms with Crippen molar-refractivity contribution in [2.75, 3.05) is 6.54 Å². The molecule has 0 saturated carbocycles. The first-order chi connectivity index (χ1) is 10.9. The topological polar surface area (TPSA) is 42.0 Å². The van der Waals surface area contributed by atoms with Crippen LogP contribution in [0.5, 0.6) is 0 Å². The summed E-state index contributed by atoms with van der Waals surface area (Å²) in [6, 6.07) is 7.90. The van der Waals surface area contributed by atoms with Crippen LogP contribution in [-0.2, 0) is 11.8 Å². The minimum absolute atomic E-state index is 0.00977. The van der Waals surface area contributed by atoms with Gasteiger partial charge in [-0.15, -0.1) is 11.3 Å². The Morgan fingerprint density at radius 1 is 1.17 bits per heavy atom. The highest BCUT2D eigenvalue weighted by Gasteiger charge is 2.14. The van der Waals surface area contributed by atoms with Gasteiger partial charge in [0.1, 0.15) is 0 Å². The smallest absolute Gasteiger partial charge is 0.251 e. The van der Waals surface area contributed by atoms with Crippen molar-refractivity contribution < 1.29 is 4.79 Å². The van der Waals surface area contributed by atoms with E-state index < -0.39 is 0 Å². The van der Waals surface area contributed by atoms with E-state index in [1.807, 2.05) is 31.2 Å². The quantitative estimate of drug-likeness (QED) is 0.792. The lowest BCUT2D eigenvalue weighted by atomic mass is 9.87. The third-order valence-electron chi connectivity index (χ3n) is 3.78. The molecule has 0 aliphatic rings. The fourth-order valence-corrected chi connectivity index (χ4v) is 3.16. The Morgan fingerprint density at radius 2 is 1.87 bits per heavy atom. The Labute approximate surface area is 143 Å². The molecule has 0 aliphatic carbocycles. The summed E-state index contributed by atoms with van der Waals surface area (Å²) >= 11 is 1.72. The van der Waals surface area contributed by atoms with E-state index in [0.29, 0.717) is 6.54 Å². The van der Waals surface area contributed by atoms with E-state index in [1.165, 1.54) is 10.6 Å². The number of nitrogens with one attached hydrogen (secondary N) is 1. The first-order valence-corrected chi connectivity index (χ1v) is 9.04. The summed E-state index contributed by atoms with van der Waals surface area (Å²) in [5.41, 5.74) is 3.18. The summed E-state index contributed by atoms with van der Waals surface area (Å²) in [5.74, 6) is 0.00977. The van der Waals surface area contributed by atoms with Crippen LogP contribution < -0.4 is 5.32 Å². The fourth-order valence-electron chi connectivity index (χ4n) is 2.34. The van der Waals surface area contributed by atoms with Crippen molar-refractivity contribution in [3.8, 4) is 0 Å². The van der Waals surface area contributed by atoms with Crippen LogP contribution >= 0.6 is 11.3 Å². The molecule has 1 aromatic heterocycles. The Bertz CT molecular complexity index is 638. The maximum atomic E-state index is 12.1. The maximum Gasteiger partial charge on any atom is 0.251 e. The van der Waals surface area contributed by atoms with Crippen LogP contribution in [0.2, 0.25) is 0 Å². The van der Waals surface area contributed by atoms with Crippen LogP contribution in [0.4, 0.5) is 0 Å². The van der Waals surface area contributed by atoms with Gasteiger partial charge in [0, 0.05) is 23.2 Å². The van der Waals surface area contributed by atoms with Gasteiger partial charge in [0.15, 0.2) is 0 Å². The number of carbonyl (C=O) groups excluding carboxylic acids is 1. The first-order valence-electron chi connectivity index (χ1n) is 8.16. The third-order valence-corrected chi connectivity index (χ3v) is 4.81. The Hall–Kier alpha value is -1.68. The van der Waals surface area contributed by atoms with Crippen LogP contribution in [0.1, 0.15) is 60.2 Å². The molecule has 2 aromatic rings. The second kappa shape index (κ2) is 7.73. The van der Waals surface area contributed by atoms with E-state index in [4.69, 9.17) is 0 Å². The molecule has 1 amide bonds. The summed E-state index contributed by atoms with van der Waals surface area (Å²) in [6.07, 6.45) is 3.02. The van der Waals surface area contributed by atoms with Crippen LogP contribution in [0.25, 0.3) is 0 Å². The van der Waals surface area contributed by atoms with Gasteiger partial charge in [-0.1, -0.05) is 32.9 Å². The van der Waals surface area contributed by atoms with Crippen LogP contribution in [0.15, 0.2) is 29.6 Å². The van der Waals surface area contributed by atoms with Crippen molar-refractivity contribution in [1.29, 1.82) is 0 Å². The van der Waals surface area contributed by atoms with Crippen molar-refractivity contribution in [3.63, 3.8) is 0 Å². The fraction of sp³-hybridized carbons (Fsp3) is 0.474. The van der Waals surface area contributed by atoms with Gasteiger partial charge in [0.2, 0.25) is 0 Å². The lowest BCUT2D eigenvalue weighted by Gasteiger charge is -2.19. The lowest BCUT2D eigenvalue weighted by Crippen LogP contribution is -2.24. The van der Waals surface area contributed by atoms with Gasteiger partial charge in [0.05, 0.1) is 5.01 Å². The summed E-state index contributed by atoms with van der Waals surface area (Å²) in [4.78, 5) is 16.6. The number of benzene rings is 1. The van der Waals surface area contributed by atoms with Crippen molar-refractivity contribution in [2.45, 2.75) is 52.4 Å². The molecular weight excluding hydrogens is 304 g/mol. The maximum absolute atomic E-state index is 12.1. The highest BCUT2D eigenvalue weighted by molar-refractivity contribution is 7.09. The van der Waals surface area contributed by atoms with E-state index in [9.17, 15) is 4.79 Å². The molecule has 0 radical (unpaired) electrons. The van der Waals surface area contributed by atoms with Crippen molar-refractivity contribution in [1.82, 2.24) is 10.3 Å². The molecule has 1 heterocycles. The second-order valence-corrected chi connectivity index (χ2v) is 7.87. The summed E-state index contributed by atoms with van der Waals surface area (Å²) in [5, 5.41) is 6.26. The molecule has 0 unspecified atom stereocenters. The van der Waals surface area contributed by atoms with Gasteiger partial charge in [-0.25, -0.2) is 4.98 Å². The monoisotopic (exact) mass is 330 g/mol. The number of aryl methyl sites for hydroxylation is 2. The largest absolute Gasteiger partial charge is 0.352 e. The molecule has 0 aliphatic heterocycles. The number of nitrogens with zero attached hydrogens (tertiary/aromatic N) is 1. The number of aromatic nitrogens is 1. The number of amides is 1. The number of thiazole rings is 1. The summed E-state index contributed by atoms with van der Waals surface area (Å²) in [7, 11) is 0. The second-order valence-electron chi connectivity index (χ2n) is 6.92. The predicted molar refractivity (Wildman–Crippen MR) is 97.3 cm³/mol. The summed E-state index contributed by atoms with van der Waals surface area (Å²) < 4.78 is 0. The third kappa shape index (κ3) is 5.47. The standard InChI is InChI=1S/C19H26N2OS/c1-14-13-23-17(21-14)7-5-6-12-20-18(22)15-8-10-16(11-9-15)19(2,3)4/h8-11,13H,5-7,12H2,1-4H3,(H,20,22). The number of rotatable bonds is 6. The zero-order valence-electron chi connectivity index (χ0n) is 14.5. The average Bonchev–Trinajstić information content (AvgIpc) is 2.91. The first kappa shape index (κ1) is 17.7. The molecule has 0 fully saturated rings. The number of carbonyl (C=O) groups is 1. The van der Waals surface area contributed by atoms with E-state index in [2.05, 4.69) is 36.5 Å². The molecule has 124 valence electrons. The molecule has 3 nitrogen and oxygen atoms in total. The predicted octanol–water partition coefficient (Wildman–Crippen LogP) is 4.50. The minimum Gasteiger partial charge on any atom is -0.352 e. The van der Waals surface area contributed by atoms with Crippen molar-refractivity contribution in [2.24, 2.45) is 0 Å². The molecule has 1 aromatic carbocycles. The van der Waals surface area contributed by atoms with Crippen LogP contribution in [-0.4, -0.2) is 17.4 Å². The van der Waals surface area contributed by atoms with Crippen molar-refractivity contribution in [3.05, 3.63) is 51.5 Å². The van der Waals surface area contributed by atoms with Crippen molar-refractivity contribution >= 4 is 17.2 Å². The van der Waals surface area contributed by atoms with E-state index in [1.54, 1.807) is 11.3 Å². The van der Waals surface area contributed by atoms with Gasteiger partial charge >= 0.3 is 0 Å². The van der Waals surface area contributed by atoms with Crippen LogP contribution in [0, 0.1) is 6.92 Å². The zero-order valence-corrected chi connectivity index (χ0v) is 15.3. The molecule has 0 spiro atoms. The highest BCUT2D eigenvalue weighted by Crippen LogP contribution is 2.22. The Balaban J connectivity index is 1.72. The highest BCUT2D eigenvalue weighted by atomic mass is 32.1. The lowest BCUT2D eigenvalue weighted by molar-refractivity contribution is 0.0953. The summed E-state index contributed by atoms with van der Waals surface area (Å²) in [6.45, 7) is 9.25. The normalized spacial score (nSPS) is 11.5. The molecule has 0 atom stereocenters. The average molecular weight is 330 g/mol. The molecule has 0 bridgehead atoms. The molecule has 4 heteroatoms. The zero-order chi connectivity index (χ0) is 16.9.